The van der Waals surface area contributed by atoms with Crippen molar-refractivity contribution in [2.75, 3.05) is 0 Å². The van der Waals surface area contributed by atoms with E-state index in [0.717, 1.165) is 12.1 Å². The number of rotatable bonds is 2. The Labute approximate surface area is 109 Å². The Morgan fingerprint density at radius 1 is 1.35 bits per heavy atom. The van der Waals surface area contributed by atoms with Crippen LogP contribution in [-0.4, -0.2) is 14.6 Å². The Bertz CT molecular complexity index is 528. The van der Waals surface area contributed by atoms with Gasteiger partial charge in [-0.2, -0.15) is 13.2 Å². The summed E-state index contributed by atoms with van der Waals surface area (Å²) in [6, 6.07) is 3.59. The standard InChI is InChI=1S/C9H7BrClF3O2S/c1-5-2-3-6(4-7(5)10)8(9(12,13)14)17(11,15)16/h2-4,8H,1H3. The fraction of sp³-hybridized carbons (Fsp3) is 0.333. The van der Waals surface area contributed by atoms with E-state index in [9.17, 15) is 21.6 Å². The van der Waals surface area contributed by atoms with Crippen LogP contribution < -0.4 is 0 Å². The number of alkyl halides is 3. The van der Waals surface area contributed by atoms with Crippen molar-refractivity contribution in [3.8, 4) is 0 Å². The van der Waals surface area contributed by atoms with Crippen molar-refractivity contribution in [3.05, 3.63) is 33.8 Å². The van der Waals surface area contributed by atoms with Crippen molar-refractivity contribution in [2.45, 2.75) is 18.3 Å². The molecule has 0 saturated heterocycles. The lowest BCUT2D eigenvalue weighted by Crippen LogP contribution is -2.25. The Morgan fingerprint density at radius 3 is 2.24 bits per heavy atom. The molecule has 1 aromatic carbocycles. The van der Waals surface area contributed by atoms with E-state index in [-0.39, 0.29) is 0 Å². The first kappa shape index (κ1) is 14.8. The first-order chi connectivity index (χ1) is 7.53. The molecule has 0 aliphatic carbocycles. The quantitative estimate of drug-likeness (QED) is 0.757. The molecule has 0 aromatic heterocycles. The van der Waals surface area contributed by atoms with E-state index in [2.05, 4.69) is 15.9 Å². The van der Waals surface area contributed by atoms with Crippen LogP contribution in [0.1, 0.15) is 16.4 Å². The highest BCUT2D eigenvalue weighted by atomic mass is 79.9. The molecule has 0 fully saturated rings. The third-order valence-electron chi connectivity index (χ3n) is 2.08. The van der Waals surface area contributed by atoms with Crippen LogP contribution in [0, 0.1) is 6.92 Å². The van der Waals surface area contributed by atoms with Crippen LogP contribution >= 0.6 is 26.6 Å². The third-order valence-corrected chi connectivity index (χ3v) is 4.57. The minimum absolute atomic E-state index is 0.393. The molecule has 1 rings (SSSR count). The monoisotopic (exact) mass is 350 g/mol. The van der Waals surface area contributed by atoms with Gasteiger partial charge in [0.2, 0.25) is 9.05 Å². The summed E-state index contributed by atoms with van der Waals surface area (Å²) in [6.07, 6.45) is -4.95. The van der Waals surface area contributed by atoms with E-state index in [4.69, 9.17) is 10.7 Å². The summed E-state index contributed by atoms with van der Waals surface area (Å²) >= 11 is 3.04. The Kier molecular flexibility index (Phi) is 4.16. The van der Waals surface area contributed by atoms with Crippen molar-refractivity contribution in [3.63, 3.8) is 0 Å². The zero-order chi connectivity index (χ0) is 13.4. The largest absolute Gasteiger partial charge is 0.410 e. The number of aryl methyl sites for hydroxylation is 1. The van der Waals surface area contributed by atoms with E-state index < -0.39 is 26.0 Å². The van der Waals surface area contributed by atoms with Gasteiger partial charge in [0.1, 0.15) is 0 Å². The molecule has 0 radical (unpaired) electrons. The summed E-state index contributed by atoms with van der Waals surface area (Å²) in [7, 11) is 0.0685. The van der Waals surface area contributed by atoms with Gasteiger partial charge in [0.25, 0.3) is 0 Å². The van der Waals surface area contributed by atoms with Crippen LogP contribution in [0.3, 0.4) is 0 Å². The van der Waals surface area contributed by atoms with Gasteiger partial charge in [-0.25, -0.2) is 8.42 Å². The molecule has 2 nitrogen and oxygen atoms in total. The van der Waals surface area contributed by atoms with E-state index in [1.165, 1.54) is 6.07 Å². The Hall–Kier alpha value is -0.270. The molecule has 0 heterocycles. The van der Waals surface area contributed by atoms with Crippen molar-refractivity contribution in [1.29, 1.82) is 0 Å². The highest BCUT2D eigenvalue weighted by molar-refractivity contribution is 9.10. The second kappa shape index (κ2) is 4.78. The highest BCUT2D eigenvalue weighted by Crippen LogP contribution is 2.41. The number of hydrogen-bond acceptors (Lipinski definition) is 2. The summed E-state index contributed by atoms with van der Waals surface area (Å²) < 4.78 is 60.4. The van der Waals surface area contributed by atoms with Gasteiger partial charge in [-0.3, -0.25) is 0 Å². The van der Waals surface area contributed by atoms with E-state index in [1.54, 1.807) is 6.92 Å². The summed E-state index contributed by atoms with van der Waals surface area (Å²) in [5.74, 6) is 0. The van der Waals surface area contributed by atoms with Gasteiger partial charge in [-0.15, -0.1) is 0 Å². The van der Waals surface area contributed by atoms with Crippen LogP contribution in [0.2, 0.25) is 0 Å². The number of hydrogen-bond donors (Lipinski definition) is 0. The molecule has 17 heavy (non-hydrogen) atoms. The van der Waals surface area contributed by atoms with Gasteiger partial charge in [0.15, 0.2) is 5.25 Å². The molecule has 1 unspecified atom stereocenters. The molecular weight excluding hydrogens is 345 g/mol. The van der Waals surface area contributed by atoms with Crippen LogP contribution in [0.15, 0.2) is 22.7 Å². The summed E-state index contributed by atoms with van der Waals surface area (Å²) in [6.45, 7) is 1.67. The summed E-state index contributed by atoms with van der Waals surface area (Å²) in [5, 5.41) is -2.71. The van der Waals surface area contributed by atoms with Crippen molar-refractivity contribution < 1.29 is 21.6 Å². The van der Waals surface area contributed by atoms with Gasteiger partial charge in [-0.1, -0.05) is 28.1 Å². The Balaban J connectivity index is 3.39. The number of benzene rings is 1. The predicted molar refractivity (Wildman–Crippen MR) is 62.4 cm³/mol. The average Bonchev–Trinajstić information content (AvgIpc) is 2.06. The van der Waals surface area contributed by atoms with Crippen LogP contribution in [0.5, 0.6) is 0 Å². The maximum Gasteiger partial charge on any atom is 0.410 e. The normalized spacial score (nSPS) is 14.7. The third kappa shape index (κ3) is 3.59. The predicted octanol–water partition coefficient (Wildman–Crippen LogP) is 3.93. The lowest BCUT2D eigenvalue weighted by molar-refractivity contribution is -0.131. The van der Waals surface area contributed by atoms with E-state index in [1.807, 2.05) is 0 Å². The SMILES string of the molecule is Cc1ccc(C(C(F)(F)F)S(=O)(=O)Cl)cc1Br. The lowest BCUT2D eigenvalue weighted by Gasteiger charge is -2.18. The molecule has 1 atom stereocenters. The fourth-order valence-electron chi connectivity index (χ4n) is 1.28. The molecule has 0 bridgehead atoms. The maximum absolute atomic E-state index is 12.7. The van der Waals surface area contributed by atoms with Crippen molar-refractivity contribution in [2.24, 2.45) is 0 Å². The molecule has 0 aliphatic heterocycles. The first-order valence-electron chi connectivity index (χ1n) is 4.29. The minimum atomic E-state index is -4.95. The fourth-order valence-corrected chi connectivity index (χ4v) is 3.08. The molecule has 0 aliphatic rings. The smallest absolute Gasteiger partial charge is 0.211 e. The second-order valence-electron chi connectivity index (χ2n) is 3.41. The van der Waals surface area contributed by atoms with Gasteiger partial charge >= 0.3 is 6.18 Å². The number of halogens is 5. The zero-order valence-electron chi connectivity index (χ0n) is 8.42. The van der Waals surface area contributed by atoms with Crippen molar-refractivity contribution >= 4 is 35.7 Å². The van der Waals surface area contributed by atoms with E-state index >= 15 is 0 Å². The minimum Gasteiger partial charge on any atom is -0.211 e. The lowest BCUT2D eigenvalue weighted by atomic mass is 10.1. The zero-order valence-corrected chi connectivity index (χ0v) is 11.6. The van der Waals surface area contributed by atoms with Gasteiger partial charge < -0.3 is 0 Å². The molecular formula is C9H7BrClF3O2S. The van der Waals surface area contributed by atoms with Crippen LogP contribution in [0.25, 0.3) is 0 Å². The molecule has 1 aromatic rings. The summed E-state index contributed by atoms with van der Waals surface area (Å²) in [5.41, 5.74) is 0.284. The molecule has 8 heteroatoms. The molecule has 96 valence electrons. The summed E-state index contributed by atoms with van der Waals surface area (Å²) in [4.78, 5) is 0. The van der Waals surface area contributed by atoms with E-state index in [0.29, 0.717) is 10.0 Å². The van der Waals surface area contributed by atoms with Gasteiger partial charge in [0.05, 0.1) is 0 Å². The Morgan fingerprint density at radius 2 is 1.88 bits per heavy atom. The van der Waals surface area contributed by atoms with Crippen molar-refractivity contribution in [1.82, 2.24) is 0 Å². The van der Waals surface area contributed by atoms with Gasteiger partial charge in [0, 0.05) is 15.2 Å². The molecule has 0 amide bonds. The topological polar surface area (TPSA) is 34.1 Å². The maximum atomic E-state index is 12.7. The van der Waals surface area contributed by atoms with Crippen LogP contribution in [-0.2, 0) is 9.05 Å². The second-order valence-corrected chi connectivity index (χ2v) is 6.97. The first-order valence-corrected chi connectivity index (χ1v) is 7.46. The van der Waals surface area contributed by atoms with Gasteiger partial charge in [-0.05, 0) is 24.1 Å². The highest BCUT2D eigenvalue weighted by Gasteiger charge is 2.49. The molecule has 0 N–H and O–H groups in total. The molecule has 0 spiro atoms. The van der Waals surface area contributed by atoms with Crippen LogP contribution in [0.4, 0.5) is 13.2 Å². The molecule has 0 saturated carbocycles. The average molecular weight is 352 g/mol.